The van der Waals surface area contributed by atoms with Gasteiger partial charge in [0.15, 0.2) is 5.58 Å². The van der Waals surface area contributed by atoms with E-state index in [9.17, 15) is 9.59 Å². The molecule has 0 saturated heterocycles. The molecule has 0 aliphatic carbocycles. The SMILES string of the molecule is O=C(Cc1ccccc1)NNC(=O)Cc1noc2ccccc12. The summed E-state index contributed by atoms with van der Waals surface area (Å²) < 4.78 is 5.14. The zero-order valence-electron chi connectivity index (χ0n) is 12.3. The van der Waals surface area contributed by atoms with Crippen molar-refractivity contribution < 1.29 is 14.1 Å². The number of hydrogen-bond acceptors (Lipinski definition) is 4. The van der Waals surface area contributed by atoms with E-state index in [1.807, 2.05) is 48.5 Å². The second-order valence-electron chi connectivity index (χ2n) is 5.06. The van der Waals surface area contributed by atoms with Gasteiger partial charge in [0.05, 0.1) is 12.8 Å². The van der Waals surface area contributed by atoms with Crippen molar-refractivity contribution in [3.8, 4) is 0 Å². The van der Waals surface area contributed by atoms with Gasteiger partial charge in [-0.2, -0.15) is 0 Å². The van der Waals surface area contributed by atoms with Crippen LogP contribution in [-0.4, -0.2) is 17.0 Å². The van der Waals surface area contributed by atoms with Crippen molar-refractivity contribution in [2.75, 3.05) is 0 Å². The first kappa shape index (κ1) is 14.8. The Balaban J connectivity index is 1.52. The largest absolute Gasteiger partial charge is 0.356 e. The van der Waals surface area contributed by atoms with Gasteiger partial charge in [0.25, 0.3) is 0 Å². The first-order valence-electron chi connectivity index (χ1n) is 7.17. The van der Waals surface area contributed by atoms with E-state index in [1.165, 1.54) is 0 Å². The average molecular weight is 309 g/mol. The third kappa shape index (κ3) is 3.74. The standard InChI is InChI=1S/C17H15N3O3/c21-16(10-12-6-2-1-3-7-12)18-19-17(22)11-14-13-8-4-5-9-15(13)23-20-14/h1-9H,10-11H2,(H,18,21)(H,19,22). The van der Waals surface area contributed by atoms with Crippen LogP contribution >= 0.6 is 0 Å². The van der Waals surface area contributed by atoms with Crippen LogP contribution in [0.1, 0.15) is 11.3 Å². The molecular weight excluding hydrogens is 294 g/mol. The number of benzene rings is 2. The van der Waals surface area contributed by atoms with E-state index in [1.54, 1.807) is 6.07 Å². The van der Waals surface area contributed by atoms with E-state index >= 15 is 0 Å². The molecule has 23 heavy (non-hydrogen) atoms. The number of hydrogen-bond donors (Lipinski definition) is 2. The summed E-state index contributed by atoms with van der Waals surface area (Å²) in [7, 11) is 0. The van der Waals surface area contributed by atoms with Crippen LogP contribution in [0.2, 0.25) is 0 Å². The molecule has 6 nitrogen and oxygen atoms in total. The molecule has 0 aliphatic rings. The van der Waals surface area contributed by atoms with Gasteiger partial charge in [-0.3, -0.25) is 20.4 Å². The number of nitrogens with one attached hydrogen (secondary N) is 2. The summed E-state index contributed by atoms with van der Waals surface area (Å²) in [4.78, 5) is 23.7. The molecule has 0 aliphatic heterocycles. The zero-order valence-corrected chi connectivity index (χ0v) is 12.3. The lowest BCUT2D eigenvalue weighted by atomic mass is 10.1. The smallest absolute Gasteiger partial charge is 0.244 e. The minimum atomic E-state index is -0.356. The van der Waals surface area contributed by atoms with E-state index in [2.05, 4.69) is 16.0 Å². The van der Waals surface area contributed by atoms with Crippen molar-refractivity contribution in [1.82, 2.24) is 16.0 Å². The van der Waals surface area contributed by atoms with Crippen LogP contribution in [0, 0.1) is 0 Å². The summed E-state index contributed by atoms with van der Waals surface area (Å²) in [6.45, 7) is 0. The number of rotatable bonds is 4. The minimum absolute atomic E-state index is 0.0304. The first-order valence-corrected chi connectivity index (χ1v) is 7.17. The lowest BCUT2D eigenvalue weighted by Crippen LogP contribution is -2.43. The highest BCUT2D eigenvalue weighted by Crippen LogP contribution is 2.17. The number of fused-ring (bicyclic) bond motifs is 1. The number of para-hydroxylation sites is 1. The molecule has 0 fully saturated rings. The van der Waals surface area contributed by atoms with E-state index < -0.39 is 0 Å². The van der Waals surface area contributed by atoms with Crippen LogP contribution in [0.15, 0.2) is 59.1 Å². The molecule has 2 aromatic carbocycles. The Labute approximate surface area is 132 Å². The molecule has 0 unspecified atom stereocenters. The lowest BCUT2D eigenvalue weighted by molar-refractivity contribution is -0.128. The van der Waals surface area contributed by atoms with Gasteiger partial charge in [0, 0.05) is 5.39 Å². The molecular formula is C17H15N3O3. The summed E-state index contributed by atoms with van der Waals surface area (Å²) in [5.41, 5.74) is 6.82. The Hall–Kier alpha value is -3.15. The number of nitrogens with zero attached hydrogens (tertiary/aromatic N) is 1. The van der Waals surface area contributed by atoms with E-state index in [-0.39, 0.29) is 24.7 Å². The summed E-state index contributed by atoms with van der Waals surface area (Å²) in [5, 5.41) is 4.67. The molecule has 0 bridgehead atoms. The van der Waals surface area contributed by atoms with Gasteiger partial charge in [-0.15, -0.1) is 0 Å². The molecule has 2 N–H and O–H groups in total. The van der Waals surface area contributed by atoms with Gasteiger partial charge < -0.3 is 4.52 Å². The second-order valence-corrected chi connectivity index (χ2v) is 5.06. The maximum Gasteiger partial charge on any atom is 0.244 e. The molecule has 116 valence electrons. The normalized spacial score (nSPS) is 10.4. The molecule has 0 saturated carbocycles. The van der Waals surface area contributed by atoms with Crippen LogP contribution in [-0.2, 0) is 22.4 Å². The van der Waals surface area contributed by atoms with E-state index in [0.29, 0.717) is 11.3 Å². The first-order chi connectivity index (χ1) is 11.2. The number of amides is 2. The number of carbonyl (C=O) groups is 2. The van der Waals surface area contributed by atoms with Crippen molar-refractivity contribution in [1.29, 1.82) is 0 Å². The van der Waals surface area contributed by atoms with Gasteiger partial charge in [0.2, 0.25) is 11.8 Å². The quantitative estimate of drug-likeness (QED) is 0.719. The fourth-order valence-electron chi connectivity index (χ4n) is 2.23. The molecule has 1 aromatic heterocycles. The number of hydrazine groups is 1. The zero-order chi connectivity index (χ0) is 16.1. The van der Waals surface area contributed by atoms with Crippen molar-refractivity contribution in [3.63, 3.8) is 0 Å². The number of carbonyl (C=O) groups excluding carboxylic acids is 2. The monoisotopic (exact) mass is 309 g/mol. The number of aromatic nitrogens is 1. The average Bonchev–Trinajstić information content (AvgIpc) is 2.97. The molecule has 6 heteroatoms. The predicted octanol–water partition coefficient (Wildman–Crippen LogP) is 1.76. The van der Waals surface area contributed by atoms with Crippen molar-refractivity contribution in [3.05, 3.63) is 65.9 Å². The predicted molar refractivity (Wildman–Crippen MR) is 84.1 cm³/mol. The van der Waals surface area contributed by atoms with Crippen molar-refractivity contribution >= 4 is 22.8 Å². The fraction of sp³-hybridized carbons (Fsp3) is 0.118. The Morgan fingerprint density at radius 2 is 1.52 bits per heavy atom. The van der Waals surface area contributed by atoms with Crippen LogP contribution in [0.3, 0.4) is 0 Å². The Morgan fingerprint density at radius 3 is 2.30 bits per heavy atom. The molecule has 0 spiro atoms. The summed E-state index contributed by atoms with van der Waals surface area (Å²) in [5.74, 6) is -0.639. The summed E-state index contributed by atoms with van der Waals surface area (Å²) >= 11 is 0. The third-order valence-electron chi connectivity index (χ3n) is 3.33. The molecule has 0 atom stereocenters. The van der Waals surface area contributed by atoms with Gasteiger partial charge in [-0.05, 0) is 17.7 Å². The molecule has 3 rings (SSSR count). The van der Waals surface area contributed by atoms with Crippen molar-refractivity contribution in [2.45, 2.75) is 12.8 Å². The van der Waals surface area contributed by atoms with Crippen molar-refractivity contribution in [2.24, 2.45) is 0 Å². The highest BCUT2D eigenvalue weighted by atomic mass is 16.5. The fourth-order valence-corrected chi connectivity index (χ4v) is 2.23. The Morgan fingerprint density at radius 1 is 0.870 bits per heavy atom. The van der Waals surface area contributed by atoms with Crippen LogP contribution in [0.5, 0.6) is 0 Å². The maximum atomic E-state index is 11.9. The third-order valence-corrected chi connectivity index (χ3v) is 3.33. The molecule has 2 amide bonds. The molecule has 3 aromatic rings. The minimum Gasteiger partial charge on any atom is -0.356 e. The van der Waals surface area contributed by atoms with Crippen LogP contribution in [0.25, 0.3) is 11.0 Å². The van der Waals surface area contributed by atoms with Gasteiger partial charge in [0.1, 0.15) is 5.69 Å². The summed E-state index contributed by atoms with van der Waals surface area (Å²) in [6, 6.07) is 16.6. The molecule has 1 heterocycles. The van der Waals surface area contributed by atoms with Gasteiger partial charge >= 0.3 is 0 Å². The van der Waals surface area contributed by atoms with Gasteiger partial charge in [-0.1, -0.05) is 47.6 Å². The van der Waals surface area contributed by atoms with E-state index in [4.69, 9.17) is 4.52 Å². The lowest BCUT2D eigenvalue weighted by Gasteiger charge is -2.06. The second kappa shape index (κ2) is 6.74. The summed E-state index contributed by atoms with van der Waals surface area (Å²) in [6.07, 6.45) is 0.233. The topological polar surface area (TPSA) is 84.2 Å². The highest BCUT2D eigenvalue weighted by molar-refractivity contribution is 5.88. The maximum absolute atomic E-state index is 11.9. The van der Waals surface area contributed by atoms with Gasteiger partial charge in [-0.25, -0.2) is 0 Å². The van der Waals surface area contributed by atoms with E-state index in [0.717, 1.165) is 10.9 Å². The van der Waals surface area contributed by atoms with Crippen LogP contribution < -0.4 is 10.9 Å². The Kier molecular flexibility index (Phi) is 4.33. The highest BCUT2D eigenvalue weighted by Gasteiger charge is 2.12. The molecule has 0 radical (unpaired) electrons. The van der Waals surface area contributed by atoms with Crippen LogP contribution in [0.4, 0.5) is 0 Å². The Bertz CT molecular complexity index is 827.